The molecule has 1 amide bonds. The first-order chi connectivity index (χ1) is 9.56. The molecule has 1 N–H and O–H groups in total. The lowest BCUT2D eigenvalue weighted by atomic mass is 10.1. The van der Waals surface area contributed by atoms with E-state index in [0.717, 1.165) is 25.2 Å². The van der Waals surface area contributed by atoms with E-state index >= 15 is 0 Å². The van der Waals surface area contributed by atoms with Crippen molar-refractivity contribution < 1.29 is 4.79 Å². The van der Waals surface area contributed by atoms with Crippen molar-refractivity contribution in [3.63, 3.8) is 0 Å². The number of hydrogen-bond donors (Lipinski definition) is 1. The van der Waals surface area contributed by atoms with Crippen LogP contribution in [0.3, 0.4) is 0 Å². The van der Waals surface area contributed by atoms with Gasteiger partial charge in [0.1, 0.15) is 16.7 Å². The van der Waals surface area contributed by atoms with Crippen molar-refractivity contribution in [2.24, 2.45) is 7.05 Å². The zero-order chi connectivity index (χ0) is 14.3. The first-order valence-corrected chi connectivity index (χ1v) is 7.13. The van der Waals surface area contributed by atoms with Crippen LogP contribution in [0, 0.1) is 0 Å². The highest BCUT2D eigenvalue weighted by molar-refractivity contribution is 6.41. The van der Waals surface area contributed by atoms with Gasteiger partial charge in [0.2, 0.25) is 0 Å². The minimum Gasteiger partial charge on any atom is -0.346 e. The van der Waals surface area contributed by atoms with Crippen LogP contribution in [0.1, 0.15) is 22.7 Å². The number of halogens is 2. The van der Waals surface area contributed by atoms with Gasteiger partial charge in [-0.2, -0.15) is 0 Å². The smallest absolute Gasteiger partial charge is 0.268 e. The second kappa shape index (κ2) is 5.14. The molecule has 2 aromatic heterocycles. The van der Waals surface area contributed by atoms with Crippen LogP contribution in [0.5, 0.6) is 0 Å². The SMILES string of the molecule is Cn1c(C(=O)NC2CCc3nccn3C2)cc(Cl)c1Cl. The first kappa shape index (κ1) is 13.5. The summed E-state index contributed by atoms with van der Waals surface area (Å²) in [5, 5.41) is 3.78. The molecule has 3 heterocycles. The standard InChI is InChI=1S/C13H14Cl2N4O/c1-18-10(6-9(14)12(18)15)13(20)17-8-2-3-11-16-4-5-19(11)7-8/h4-6,8H,2-3,7H2,1H3,(H,17,20). The predicted octanol–water partition coefficient (Wildman–Crippen LogP) is 2.27. The molecule has 0 aliphatic carbocycles. The zero-order valence-corrected chi connectivity index (χ0v) is 12.4. The van der Waals surface area contributed by atoms with Crippen LogP contribution in [0.25, 0.3) is 0 Å². The molecule has 1 atom stereocenters. The van der Waals surface area contributed by atoms with E-state index in [1.807, 2.05) is 6.20 Å². The van der Waals surface area contributed by atoms with Crippen molar-refractivity contribution in [3.8, 4) is 0 Å². The Balaban J connectivity index is 1.72. The van der Waals surface area contributed by atoms with Gasteiger partial charge in [-0.25, -0.2) is 4.98 Å². The van der Waals surface area contributed by atoms with Crippen LogP contribution < -0.4 is 5.32 Å². The maximum atomic E-state index is 12.3. The summed E-state index contributed by atoms with van der Waals surface area (Å²) in [5.41, 5.74) is 0.469. The van der Waals surface area contributed by atoms with Crippen LogP contribution in [0.4, 0.5) is 0 Å². The molecule has 0 fully saturated rings. The minimum absolute atomic E-state index is 0.0941. The van der Waals surface area contributed by atoms with E-state index in [-0.39, 0.29) is 11.9 Å². The highest BCUT2D eigenvalue weighted by Gasteiger charge is 2.23. The van der Waals surface area contributed by atoms with Gasteiger partial charge in [-0.1, -0.05) is 23.2 Å². The third-order valence-corrected chi connectivity index (χ3v) is 4.46. The average Bonchev–Trinajstić information content (AvgIpc) is 2.98. The Morgan fingerprint density at radius 1 is 1.50 bits per heavy atom. The van der Waals surface area contributed by atoms with Crippen LogP contribution in [0.2, 0.25) is 10.2 Å². The highest BCUT2D eigenvalue weighted by atomic mass is 35.5. The molecule has 3 rings (SSSR count). The van der Waals surface area contributed by atoms with Gasteiger partial charge in [0.25, 0.3) is 5.91 Å². The number of fused-ring (bicyclic) bond motifs is 1. The molecule has 1 unspecified atom stereocenters. The van der Waals surface area contributed by atoms with Gasteiger partial charge in [0.15, 0.2) is 0 Å². The van der Waals surface area contributed by atoms with E-state index < -0.39 is 0 Å². The molecule has 7 heteroatoms. The molecule has 106 valence electrons. The number of aromatic nitrogens is 3. The topological polar surface area (TPSA) is 51.9 Å². The maximum absolute atomic E-state index is 12.3. The third kappa shape index (κ3) is 2.31. The molecule has 1 aliphatic heterocycles. The minimum atomic E-state index is -0.158. The quantitative estimate of drug-likeness (QED) is 0.925. The molecule has 5 nitrogen and oxygen atoms in total. The molecule has 20 heavy (non-hydrogen) atoms. The number of aryl methyl sites for hydroxylation is 1. The predicted molar refractivity (Wildman–Crippen MR) is 77.2 cm³/mol. The first-order valence-electron chi connectivity index (χ1n) is 6.38. The molecule has 0 spiro atoms. The normalized spacial score (nSPS) is 17.9. The monoisotopic (exact) mass is 312 g/mol. The van der Waals surface area contributed by atoms with Gasteiger partial charge >= 0.3 is 0 Å². The Morgan fingerprint density at radius 3 is 3.00 bits per heavy atom. The summed E-state index contributed by atoms with van der Waals surface area (Å²) in [7, 11) is 1.72. The van der Waals surface area contributed by atoms with Gasteiger partial charge < -0.3 is 14.5 Å². The number of rotatable bonds is 2. The van der Waals surface area contributed by atoms with Gasteiger partial charge in [-0.3, -0.25) is 4.79 Å². The van der Waals surface area contributed by atoms with Crippen LogP contribution in [-0.4, -0.2) is 26.1 Å². The molecular weight excluding hydrogens is 299 g/mol. The summed E-state index contributed by atoms with van der Waals surface area (Å²) in [4.78, 5) is 16.5. The molecule has 1 aliphatic rings. The lowest BCUT2D eigenvalue weighted by Crippen LogP contribution is -2.41. The molecule has 0 saturated heterocycles. The number of carbonyl (C=O) groups is 1. The Hall–Kier alpha value is -1.46. The van der Waals surface area contributed by atoms with Crippen LogP contribution in [-0.2, 0) is 20.0 Å². The fraction of sp³-hybridized carbons (Fsp3) is 0.385. The van der Waals surface area contributed by atoms with E-state index in [1.54, 1.807) is 23.9 Å². The van der Waals surface area contributed by atoms with Crippen LogP contribution in [0.15, 0.2) is 18.5 Å². The van der Waals surface area contributed by atoms with Gasteiger partial charge in [-0.05, 0) is 12.5 Å². The van der Waals surface area contributed by atoms with Crippen molar-refractivity contribution in [3.05, 3.63) is 40.2 Å². The molecule has 0 saturated carbocycles. The largest absolute Gasteiger partial charge is 0.346 e. The van der Waals surface area contributed by atoms with Crippen molar-refractivity contribution in [2.75, 3.05) is 0 Å². The van der Waals surface area contributed by atoms with Gasteiger partial charge in [0.05, 0.1) is 5.02 Å². The van der Waals surface area contributed by atoms with Crippen molar-refractivity contribution in [2.45, 2.75) is 25.4 Å². The summed E-state index contributed by atoms with van der Waals surface area (Å²) in [6, 6.07) is 1.68. The summed E-state index contributed by atoms with van der Waals surface area (Å²) in [5.74, 6) is 0.912. The van der Waals surface area contributed by atoms with Crippen LogP contribution >= 0.6 is 23.2 Å². The average molecular weight is 313 g/mol. The number of nitrogens with one attached hydrogen (secondary N) is 1. The lowest BCUT2D eigenvalue weighted by molar-refractivity contribution is 0.0919. The van der Waals surface area contributed by atoms with E-state index in [2.05, 4.69) is 14.9 Å². The van der Waals surface area contributed by atoms with E-state index in [4.69, 9.17) is 23.2 Å². The molecular formula is C13H14Cl2N4O. The van der Waals surface area contributed by atoms with Gasteiger partial charge in [0, 0.05) is 38.4 Å². The second-order valence-corrected chi connectivity index (χ2v) is 5.70. The van der Waals surface area contributed by atoms with Crippen molar-refractivity contribution in [1.29, 1.82) is 0 Å². The maximum Gasteiger partial charge on any atom is 0.268 e. The third-order valence-electron chi connectivity index (χ3n) is 3.62. The Kier molecular flexibility index (Phi) is 3.48. The number of nitrogens with zero attached hydrogens (tertiary/aromatic N) is 3. The van der Waals surface area contributed by atoms with Crippen molar-refractivity contribution in [1.82, 2.24) is 19.4 Å². The van der Waals surface area contributed by atoms with Crippen molar-refractivity contribution >= 4 is 29.1 Å². The number of hydrogen-bond acceptors (Lipinski definition) is 2. The number of carbonyl (C=O) groups excluding carboxylic acids is 1. The molecule has 2 aromatic rings. The fourth-order valence-electron chi connectivity index (χ4n) is 2.50. The number of amides is 1. The Bertz CT molecular complexity index is 661. The highest BCUT2D eigenvalue weighted by Crippen LogP contribution is 2.25. The zero-order valence-electron chi connectivity index (χ0n) is 10.9. The lowest BCUT2D eigenvalue weighted by Gasteiger charge is -2.24. The summed E-state index contributed by atoms with van der Waals surface area (Å²) in [6.07, 6.45) is 5.47. The van der Waals surface area contributed by atoms with Gasteiger partial charge in [-0.15, -0.1) is 0 Å². The molecule has 0 bridgehead atoms. The summed E-state index contributed by atoms with van der Waals surface area (Å²) >= 11 is 11.9. The summed E-state index contributed by atoms with van der Waals surface area (Å²) < 4.78 is 3.66. The molecule has 0 aromatic carbocycles. The molecule has 0 radical (unpaired) electrons. The fourth-order valence-corrected chi connectivity index (χ4v) is 2.88. The second-order valence-electron chi connectivity index (χ2n) is 4.93. The Morgan fingerprint density at radius 2 is 2.30 bits per heavy atom. The van der Waals surface area contributed by atoms with E-state index in [0.29, 0.717) is 15.9 Å². The Labute approximate surface area is 126 Å². The van der Waals surface area contributed by atoms with E-state index in [1.165, 1.54) is 0 Å². The number of imidazole rings is 1. The van der Waals surface area contributed by atoms with E-state index in [9.17, 15) is 4.79 Å². The summed E-state index contributed by atoms with van der Waals surface area (Å²) in [6.45, 7) is 0.743.